The first kappa shape index (κ1) is 10.8. The van der Waals surface area contributed by atoms with Gasteiger partial charge in [-0.3, -0.25) is 0 Å². The summed E-state index contributed by atoms with van der Waals surface area (Å²) in [7, 11) is 1.66. The zero-order valence-corrected chi connectivity index (χ0v) is 9.12. The van der Waals surface area contributed by atoms with Crippen molar-refractivity contribution in [2.75, 3.05) is 43.4 Å². The molecule has 1 saturated heterocycles. The van der Waals surface area contributed by atoms with E-state index in [1.807, 2.05) is 4.90 Å². The van der Waals surface area contributed by atoms with Gasteiger partial charge in [-0.2, -0.15) is 0 Å². The molecule has 0 bridgehead atoms. The third-order valence-corrected chi connectivity index (χ3v) is 2.58. The fraction of sp³-hybridized carbons (Fsp3) is 0.500. The Balaban J connectivity index is 2.41. The zero-order valence-electron chi connectivity index (χ0n) is 9.12. The third-order valence-electron chi connectivity index (χ3n) is 2.58. The van der Waals surface area contributed by atoms with E-state index in [1.165, 1.54) is 0 Å². The van der Waals surface area contributed by atoms with Gasteiger partial charge in [0, 0.05) is 33.2 Å². The molecule has 0 aliphatic carbocycles. The lowest BCUT2D eigenvalue weighted by molar-refractivity contribution is 0.448. The topological polar surface area (TPSA) is 77.7 Å². The Morgan fingerprint density at radius 1 is 1.50 bits per heavy atom. The van der Waals surface area contributed by atoms with Crippen molar-refractivity contribution >= 4 is 11.6 Å². The van der Waals surface area contributed by atoms with Crippen LogP contribution in [0, 0.1) is 0 Å². The highest BCUT2D eigenvalue weighted by Crippen LogP contribution is 2.33. The van der Waals surface area contributed by atoms with Crippen LogP contribution in [0.3, 0.4) is 0 Å². The molecule has 1 aliphatic rings. The molecule has 0 saturated carbocycles. The lowest BCUT2D eigenvalue weighted by atomic mass is 10.3. The molecule has 6 nitrogen and oxygen atoms in total. The molecule has 1 fully saturated rings. The van der Waals surface area contributed by atoms with Crippen LogP contribution < -0.4 is 21.2 Å². The molecule has 0 amide bonds. The van der Waals surface area contributed by atoms with E-state index in [4.69, 9.17) is 4.42 Å². The molecule has 2 rings (SSSR count). The predicted octanol–water partition coefficient (Wildman–Crippen LogP) is -0.203. The van der Waals surface area contributed by atoms with Crippen molar-refractivity contribution in [2.24, 2.45) is 0 Å². The minimum absolute atomic E-state index is 0.0394. The molecule has 0 unspecified atom stereocenters. The molecule has 1 aromatic rings. The van der Waals surface area contributed by atoms with Gasteiger partial charge < -0.3 is 25.1 Å². The fourth-order valence-electron chi connectivity index (χ4n) is 1.84. The van der Waals surface area contributed by atoms with Crippen molar-refractivity contribution in [3.8, 4) is 5.75 Å². The maximum atomic E-state index is 11.1. The predicted molar refractivity (Wildman–Crippen MR) is 61.3 cm³/mol. The fourth-order valence-corrected chi connectivity index (χ4v) is 1.84. The summed E-state index contributed by atoms with van der Waals surface area (Å²) in [6.45, 7) is 3.25. The van der Waals surface area contributed by atoms with Crippen LogP contribution >= 0.6 is 0 Å². The Hall–Kier alpha value is -1.69. The van der Waals surface area contributed by atoms with Crippen LogP contribution in [0.1, 0.15) is 0 Å². The van der Waals surface area contributed by atoms with Crippen LogP contribution in [-0.2, 0) is 0 Å². The summed E-state index contributed by atoms with van der Waals surface area (Å²) in [5.41, 5.74) is 0.00401. The van der Waals surface area contributed by atoms with Crippen LogP contribution in [0.5, 0.6) is 5.75 Å². The number of nitrogens with one attached hydrogen (secondary N) is 2. The maximum Gasteiger partial charge on any atom is 0.341 e. The summed E-state index contributed by atoms with van der Waals surface area (Å²) in [6.07, 6.45) is 0. The summed E-state index contributed by atoms with van der Waals surface area (Å²) in [4.78, 5) is 13.1. The van der Waals surface area contributed by atoms with Crippen molar-refractivity contribution in [1.29, 1.82) is 0 Å². The van der Waals surface area contributed by atoms with Gasteiger partial charge in [0.25, 0.3) is 0 Å². The number of aromatic hydroxyl groups is 1. The van der Waals surface area contributed by atoms with E-state index in [0.717, 1.165) is 32.2 Å². The van der Waals surface area contributed by atoms with Gasteiger partial charge in [-0.1, -0.05) is 0 Å². The lowest BCUT2D eigenvalue weighted by Crippen LogP contribution is -2.43. The van der Waals surface area contributed by atoms with Crippen LogP contribution in [0.15, 0.2) is 15.3 Å². The van der Waals surface area contributed by atoms with Crippen LogP contribution in [-0.4, -0.2) is 38.3 Å². The van der Waals surface area contributed by atoms with Crippen molar-refractivity contribution in [3.05, 3.63) is 16.5 Å². The summed E-state index contributed by atoms with van der Waals surface area (Å²) < 4.78 is 5.00. The number of rotatable bonds is 2. The largest absolute Gasteiger partial charge is 0.505 e. The average Bonchev–Trinajstić information content (AvgIpc) is 2.29. The van der Waals surface area contributed by atoms with Crippen LogP contribution in [0.4, 0.5) is 11.6 Å². The molecular formula is C10H15N3O3. The molecule has 0 radical (unpaired) electrons. The molecule has 0 aromatic carbocycles. The van der Waals surface area contributed by atoms with E-state index in [0.29, 0.717) is 11.6 Å². The van der Waals surface area contributed by atoms with Crippen molar-refractivity contribution in [3.63, 3.8) is 0 Å². The second kappa shape index (κ2) is 4.44. The summed E-state index contributed by atoms with van der Waals surface area (Å²) in [6, 6.07) is 1.10. The molecule has 0 atom stereocenters. The molecule has 6 heteroatoms. The molecule has 1 aromatic heterocycles. The lowest BCUT2D eigenvalue weighted by Gasteiger charge is -2.30. The van der Waals surface area contributed by atoms with Gasteiger partial charge in [0.05, 0.1) is 6.07 Å². The summed E-state index contributed by atoms with van der Waals surface area (Å²) in [5, 5.41) is 15.8. The Bertz CT molecular complexity index is 424. The van der Waals surface area contributed by atoms with Crippen LogP contribution in [0.25, 0.3) is 0 Å². The summed E-state index contributed by atoms with van der Waals surface area (Å²) >= 11 is 0. The maximum absolute atomic E-state index is 11.1. The van der Waals surface area contributed by atoms with Crippen molar-refractivity contribution < 1.29 is 9.52 Å². The highest BCUT2D eigenvalue weighted by molar-refractivity contribution is 5.71. The highest BCUT2D eigenvalue weighted by Gasteiger charge is 2.20. The second-order valence-corrected chi connectivity index (χ2v) is 3.62. The standard InChI is InChI=1S/C10H15N3O3/c1-11-10-9(7(14)6-8(15)16-10)13-4-2-12-3-5-13/h6,11-12,14H,2-5H2,1H3. The molecular weight excluding hydrogens is 210 g/mol. The van der Waals surface area contributed by atoms with Crippen molar-refractivity contribution in [1.82, 2.24) is 5.32 Å². The number of nitrogens with zero attached hydrogens (tertiary/aromatic N) is 1. The van der Waals surface area contributed by atoms with Gasteiger partial charge in [0.15, 0.2) is 5.75 Å². The van der Waals surface area contributed by atoms with Gasteiger partial charge in [-0.25, -0.2) is 4.79 Å². The first-order valence-electron chi connectivity index (χ1n) is 5.23. The Morgan fingerprint density at radius 2 is 2.19 bits per heavy atom. The van der Waals surface area contributed by atoms with Gasteiger partial charge >= 0.3 is 5.63 Å². The quantitative estimate of drug-likeness (QED) is 0.647. The van der Waals surface area contributed by atoms with E-state index >= 15 is 0 Å². The van der Waals surface area contributed by atoms with E-state index in [-0.39, 0.29) is 5.75 Å². The van der Waals surface area contributed by atoms with E-state index < -0.39 is 5.63 Å². The molecule has 16 heavy (non-hydrogen) atoms. The SMILES string of the molecule is CNc1oc(=O)cc(O)c1N1CCNCC1. The Morgan fingerprint density at radius 3 is 2.81 bits per heavy atom. The number of anilines is 2. The third kappa shape index (κ3) is 1.96. The van der Waals surface area contributed by atoms with Crippen molar-refractivity contribution in [2.45, 2.75) is 0 Å². The van der Waals surface area contributed by atoms with Gasteiger partial charge in [0.2, 0.25) is 5.88 Å². The molecule has 3 N–H and O–H groups in total. The zero-order chi connectivity index (χ0) is 11.5. The van der Waals surface area contributed by atoms with Gasteiger partial charge in [0.1, 0.15) is 5.69 Å². The van der Waals surface area contributed by atoms with E-state index in [2.05, 4.69) is 10.6 Å². The van der Waals surface area contributed by atoms with E-state index in [1.54, 1.807) is 7.05 Å². The number of piperazine rings is 1. The minimum atomic E-state index is -0.555. The number of hydrogen-bond acceptors (Lipinski definition) is 6. The number of hydrogen-bond donors (Lipinski definition) is 3. The minimum Gasteiger partial charge on any atom is -0.505 e. The first-order valence-corrected chi connectivity index (χ1v) is 5.23. The van der Waals surface area contributed by atoms with E-state index in [9.17, 15) is 9.90 Å². The summed E-state index contributed by atoms with van der Waals surface area (Å²) in [5.74, 6) is 0.273. The average molecular weight is 225 g/mol. The van der Waals surface area contributed by atoms with Gasteiger partial charge in [-0.15, -0.1) is 0 Å². The second-order valence-electron chi connectivity index (χ2n) is 3.62. The first-order chi connectivity index (χ1) is 7.72. The Labute approximate surface area is 92.9 Å². The smallest absolute Gasteiger partial charge is 0.341 e. The molecule has 0 spiro atoms. The Kier molecular flexibility index (Phi) is 3.00. The molecule has 2 heterocycles. The molecule has 1 aliphatic heterocycles. The van der Waals surface area contributed by atoms with Gasteiger partial charge in [-0.05, 0) is 0 Å². The normalized spacial score (nSPS) is 16.2. The van der Waals surface area contributed by atoms with Crippen LogP contribution in [0.2, 0.25) is 0 Å². The highest BCUT2D eigenvalue weighted by atomic mass is 16.4. The monoisotopic (exact) mass is 225 g/mol. The molecule has 88 valence electrons.